The van der Waals surface area contributed by atoms with Gasteiger partial charge in [-0.15, -0.1) is 0 Å². The number of carboxylic acids is 1. The van der Waals surface area contributed by atoms with Crippen molar-refractivity contribution >= 4 is 11.9 Å². The monoisotopic (exact) mass is 338 g/mol. The number of hydrogen-bond acceptors (Lipinski definition) is 5. The molecular formula is C18H26O6. The highest BCUT2D eigenvalue weighted by molar-refractivity contribution is 6.02. The van der Waals surface area contributed by atoms with Gasteiger partial charge in [0.2, 0.25) is 0 Å². The molecule has 6 nitrogen and oxygen atoms in total. The van der Waals surface area contributed by atoms with Crippen LogP contribution in [0.1, 0.15) is 53.8 Å². The van der Waals surface area contributed by atoms with Crippen LogP contribution in [0.25, 0.3) is 0 Å². The Labute approximate surface area is 142 Å². The molecule has 6 heteroatoms. The third-order valence-electron chi connectivity index (χ3n) is 3.42. The van der Waals surface area contributed by atoms with Crippen LogP contribution in [-0.4, -0.2) is 49.6 Å². The Bertz CT molecular complexity index is 514. The third-order valence-corrected chi connectivity index (χ3v) is 3.42. The molecule has 1 N–H and O–H groups in total. The van der Waals surface area contributed by atoms with E-state index >= 15 is 0 Å². The lowest BCUT2D eigenvalue weighted by Crippen LogP contribution is -2.22. The quantitative estimate of drug-likeness (QED) is 0.466. The van der Waals surface area contributed by atoms with Crippen molar-refractivity contribution in [3.05, 3.63) is 35.4 Å². The lowest BCUT2D eigenvalue weighted by molar-refractivity contribution is -0.0275. The van der Waals surface area contributed by atoms with Gasteiger partial charge in [-0.1, -0.05) is 31.9 Å². The highest BCUT2D eigenvalue weighted by Crippen LogP contribution is 2.10. The summed E-state index contributed by atoms with van der Waals surface area (Å²) in [5.41, 5.74) is -0.0282. The maximum Gasteiger partial charge on any atom is 0.339 e. The summed E-state index contributed by atoms with van der Waals surface area (Å²) >= 11 is 0. The molecular weight excluding hydrogens is 312 g/mol. The number of hydrogen-bond donors (Lipinski definition) is 1. The first-order chi connectivity index (χ1) is 11.6. The maximum absolute atomic E-state index is 11.9. The summed E-state index contributed by atoms with van der Waals surface area (Å²) in [6.07, 6.45) is 3.17. The fraction of sp³-hybridized carbons (Fsp3) is 0.556. The van der Waals surface area contributed by atoms with E-state index in [1.807, 2.05) is 6.92 Å². The third kappa shape index (κ3) is 7.10. The zero-order chi connectivity index (χ0) is 17.8. The topological polar surface area (TPSA) is 82.1 Å². The number of ether oxygens (including phenoxy) is 3. The van der Waals surface area contributed by atoms with Crippen molar-refractivity contribution in [2.45, 2.75) is 39.2 Å². The van der Waals surface area contributed by atoms with E-state index in [0.29, 0.717) is 13.2 Å². The highest BCUT2D eigenvalue weighted by Gasteiger charge is 2.16. The second-order valence-corrected chi connectivity index (χ2v) is 5.28. The highest BCUT2D eigenvalue weighted by atomic mass is 16.6. The number of carbonyl (C=O) groups is 2. The van der Waals surface area contributed by atoms with Crippen LogP contribution >= 0.6 is 0 Å². The fourth-order valence-electron chi connectivity index (χ4n) is 2.22. The Morgan fingerprint density at radius 3 is 2.46 bits per heavy atom. The van der Waals surface area contributed by atoms with Crippen molar-refractivity contribution in [3.63, 3.8) is 0 Å². The van der Waals surface area contributed by atoms with Gasteiger partial charge in [0, 0.05) is 6.61 Å². The maximum atomic E-state index is 11.9. The van der Waals surface area contributed by atoms with Crippen molar-refractivity contribution in [2.75, 3.05) is 26.4 Å². The smallest absolute Gasteiger partial charge is 0.339 e. The van der Waals surface area contributed by atoms with E-state index in [9.17, 15) is 9.59 Å². The molecule has 0 amide bonds. The van der Waals surface area contributed by atoms with Crippen LogP contribution in [-0.2, 0) is 14.2 Å². The zero-order valence-corrected chi connectivity index (χ0v) is 14.3. The SMILES string of the molecule is CCCCC(COCCOC(=O)c1ccccc1C(=O)O)OCC. The molecule has 0 aliphatic heterocycles. The van der Waals surface area contributed by atoms with Crippen LogP contribution in [0.15, 0.2) is 24.3 Å². The summed E-state index contributed by atoms with van der Waals surface area (Å²) in [4.78, 5) is 23.0. The van der Waals surface area contributed by atoms with Crippen LogP contribution < -0.4 is 0 Å². The summed E-state index contributed by atoms with van der Waals surface area (Å²) in [6, 6.07) is 5.96. The molecule has 0 heterocycles. The molecule has 1 rings (SSSR count). The Kier molecular flexibility index (Phi) is 9.72. The van der Waals surface area contributed by atoms with E-state index in [1.54, 1.807) is 12.1 Å². The van der Waals surface area contributed by atoms with E-state index in [-0.39, 0.29) is 30.4 Å². The van der Waals surface area contributed by atoms with Gasteiger partial charge in [0.1, 0.15) is 6.61 Å². The van der Waals surface area contributed by atoms with Crippen molar-refractivity contribution in [1.82, 2.24) is 0 Å². The van der Waals surface area contributed by atoms with Gasteiger partial charge >= 0.3 is 11.9 Å². The molecule has 134 valence electrons. The molecule has 0 aromatic heterocycles. The number of carbonyl (C=O) groups excluding carboxylic acids is 1. The summed E-state index contributed by atoms with van der Waals surface area (Å²) in [5.74, 6) is -1.82. The number of aromatic carboxylic acids is 1. The van der Waals surface area contributed by atoms with E-state index in [4.69, 9.17) is 19.3 Å². The first-order valence-corrected chi connectivity index (χ1v) is 8.28. The van der Waals surface area contributed by atoms with E-state index in [0.717, 1.165) is 19.3 Å². The van der Waals surface area contributed by atoms with Crippen LogP contribution in [0.2, 0.25) is 0 Å². The second kappa shape index (κ2) is 11.6. The molecule has 1 aromatic rings. The van der Waals surface area contributed by atoms with E-state index in [2.05, 4.69) is 6.92 Å². The number of rotatable bonds is 12. The lowest BCUT2D eigenvalue weighted by Gasteiger charge is -2.16. The molecule has 0 bridgehead atoms. The minimum absolute atomic E-state index is 0.0418. The van der Waals surface area contributed by atoms with Gasteiger partial charge in [0.15, 0.2) is 0 Å². The molecule has 0 saturated heterocycles. The standard InChI is InChI=1S/C18H26O6/c1-3-5-8-14(23-4-2)13-22-11-12-24-18(21)16-10-7-6-9-15(16)17(19)20/h6-7,9-10,14H,3-5,8,11-13H2,1-2H3,(H,19,20). The molecule has 0 aliphatic rings. The molecule has 0 fully saturated rings. The normalized spacial score (nSPS) is 11.9. The Morgan fingerprint density at radius 2 is 1.83 bits per heavy atom. The molecule has 1 atom stereocenters. The van der Waals surface area contributed by atoms with Gasteiger partial charge in [-0.05, 0) is 25.5 Å². The molecule has 1 unspecified atom stereocenters. The largest absolute Gasteiger partial charge is 0.478 e. The Morgan fingerprint density at radius 1 is 1.12 bits per heavy atom. The van der Waals surface area contributed by atoms with Crippen molar-refractivity contribution < 1.29 is 28.9 Å². The first kappa shape index (κ1) is 20.1. The number of carboxylic acid groups (broad SMARTS) is 1. The van der Waals surface area contributed by atoms with E-state index < -0.39 is 11.9 Å². The summed E-state index contributed by atoms with van der Waals surface area (Å²) < 4.78 is 16.1. The molecule has 0 spiro atoms. The van der Waals surface area contributed by atoms with Gasteiger partial charge in [-0.3, -0.25) is 0 Å². The van der Waals surface area contributed by atoms with Crippen molar-refractivity contribution in [2.24, 2.45) is 0 Å². The van der Waals surface area contributed by atoms with Crippen LogP contribution in [0.5, 0.6) is 0 Å². The fourth-order valence-corrected chi connectivity index (χ4v) is 2.22. The number of esters is 1. The first-order valence-electron chi connectivity index (χ1n) is 8.28. The zero-order valence-electron chi connectivity index (χ0n) is 14.3. The molecule has 0 radical (unpaired) electrons. The van der Waals surface area contributed by atoms with Crippen molar-refractivity contribution in [3.8, 4) is 0 Å². The van der Waals surface area contributed by atoms with Crippen LogP contribution in [0.4, 0.5) is 0 Å². The van der Waals surface area contributed by atoms with Gasteiger partial charge < -0.3 is 19.3 Å². The molecule has 24 heavy (non-hydrogen) atoms. The molecule has 0 aliphatic carbocycles. The number of unbranched alkanes of at least 4 members (excludes halogenated alkanes) is 1. The lowest BCUT2D eigenvalue weighted by atomic mass is 10.1. The van der Waals surface area contributed by atoms with Crippen molar-refractivity contribution in [1.29, 1.82) is 0 Å². The predicted octanol–water partition coefficient (Wildman–Crippen LogP) is 3.15. The Hall–Kier alpha value is -1.92. The van der Waals surface area contributed by atoms with Gasteiger partial charge in [-0.25, -0.2) is 9.59 Å². The average Bonchev–Trinajstić information content (AvgIpc) is 2.59. The predicted molar refractivity (Wildman–Crippen MR) is 89.4 cm³/mol. The molecule has 1 aromatic carbocycles. The second-order valence-electron chi connectivity index (χ2n) is 5.28. The minimum atomic E-state index is -1.16. The number of benzene rings is 1. The van der Waals surface area contributed by atoms with Crippen LogP contribution in [0.3, 0.4) is 0 Å². The van der Waals surface area contributed by atoms with Gasteiger partial charge in [0.05, 0.1) is 30.4 Å². The average molecular weight is 338 g/mol. The Balaban J connectivity index is 2.34. The summed E-state index contributed by atoms with van der Waals surface area (Å²) in [5, 5.41) is 9.06. The minimum Gasteiger partial charge on any atom is -0.478 e. The summed E-state index contributed by atoms with van der Waals surface area (Å²) in [6.45, 7) is 5.48. The van der Waals surface area contributed by atoms with Gasteiger partial charge in [0.25, 0.3) is 0 Å². The summed E-state index contributed by atoms with van der Waals surface area (Å²) in [7, 11) is 0. The molecule has 0 saturated carbocycles. The van der Waals surface area contributed by atoms with E-state index in [1.165, 1.54) is 12.1 Å². The van der Waals surface area contributed by atoms with Gasteiger partial charge in [-0.2, -0.15) is 0 Å². The van der Waals surface area contributed by atoms with Crippen LogP contribution in [0, 0.1) is 0 Å².